The highest BCUT2D eigenvalue weighted by molar-refractivity contribution is 5.50. The molecule has 2 rings (SSSR count). The Morgan fingerprint density at radius 3 is 2.38 bits per heavy atom. The van der Waals surface area contributed by atoms with Gasteiger partial charge in [0.1, 0.15) is 5.75 Å². The van der Waals surface area contributed by atoms with Crippen LogP contribution in [0.5, 0.6) is 5.75 Å². The molecule has 0 radical (unpaired) electrons. The molecule has 0 spiro atoms. The molecule has 1 atom stereocenters. The maximum absolute atomic E-state index is 9.99. The van der Waals surface area contributed by atoms with Gasteiger partial charge in [-0.1, -0.05) is 31.2 Å². The maximum atomic E-state index is 9.99. The van der Waals surface area contributed by atoms with E-state index in [1.807, 2.05) is 36.4 Å². The number of aliphatic hydroxyl groups excluding tert-OH is 1. The van der Waals surface area contributed by atoms with E-state index in [9.17, 15) is 5.11 Å². The summed E-state index contributed by atoms with van der Waals surface area (Å²) in [4.78, 5) is 0. The van der Waals surface area contributed by atoms with Gasteiger partial charge in [0.25, 0.3) is 0 Å². The predicted molar refractivity (Wildman–Crippen MR) is 86.9 cm³/mol. The lowest BCUT2D eigenvalue weighted by Crippen LogP contribution is -2.38. The van der Waals surface area contributed by atoms with E-state index in [2.05, 4.69) is 31.3 Å². The van der Waals surface area contributed by atoms with E-state index >= 15 is 0 Å². The number of aliphatic hydroxyl groups is 1. The lowest BCUT2D eigenvalue weighted by Gasteiger charge is -2.34. The van der Waals surface area contributed by atoms with Gasteiger partial charge in [-0.25, -0.2) is 0 Å². The monoisotopic (exact) mass is 285 g/mol. The van der Waals surface area contributed by atoms with Crippen molar-refractivity contribution in [1.82, 2.24) is 0 Å². The average molecular weight is 285 g/mol. The van der Waals surface area contributed by atoms with Crippen LogP contribution < -0.4 is 10.1 Å². The van der Waals surface area contributed by atoms with Gasteiger partial charge >= 0.3 is 0 Å². The lowest BCUT2D eigenvalue weighted by atomic mass is 9.87. The summed E-state index contributed by atoms with van der Waals surface area (Å²) in [5.41, 5.74) is 2.77. The predicted octanol–water partition coefficient (Wildman–Crippen LogP) is 3.71. The first-order chi connectivity index (χ1) is 10.1. The van der Waals surface area contributed by atoms with Crippen LogP contribution in [0.3, 0.4) is 0 Å². The minimum atomic E-state index is -0.486. The Morgan fingerprint density at radius 1 is 1.14 bits per heavy atom. The molecule has 0 aliphatic rings. The van der Waals surface area contributed by atoms with Crippen LogP contribution in [0.25, 0.3) is 0 Å². The third kappa shape index (κ3) is 3.37. The van der Waals surface area contributed by atoms with E-state index in [1.54, 1.807) is 7.11 Å². The Hall–Kier alpha value is -2.00. The van der Waals surface area contributed by atoms with Crippen LogP contribution in [0.15, 0.2) is 48.5 Å². The van der Waals surface area contributed by atoms with Gasteiger partial charge in [0.05, 0.1) is 19.3 Å². The molecular formula is C18H23NO2. The van der Waals surface area contributed by atoms with Crippen molar-refractivity contribution < 1.29 is 9.84 Å². The number of nitrogens with one attached hydrogen (secondary N) is 1. The highest BCUT2D eigenvalue weighted by Crippen LogP contribution is 2.31. The molecule has 2 N–H and O–H groups in total. The zero-order valence-corrected chi connectivity index (χ0v) is 12.9. The Morgan fingerprint density at radius 2 is 1.86 bits per heavy atom. The first-order valence-corrected chi connectivity index (χ1v) is 7.24. The summed E-state index contributed by atoms with van der Waals surface area (Å²) in [6, 6.07) is 16.0. The minimum Gasteiger partial charge on any atom is -0.497 e. The fourth-order valence-electron chi connectivity index (χ4n) is 2.52. The van der Waals surface area contributed by atoms with Crippen molar-refractivity contribution in [2.75, 3.05) is 19.0 Å². The van der Waals surface area contributed by atoms with E-state index in [0.29, 0.717) is 0 Å². The first-order valence-electron chi connectivity index (χ1n) is 7.24. The summed E-state index contributed by atoms with van der Waals surface area (Å²) in [6.45, 7) is 4.16. The molecule has 3 nitrogen and oxygen atoms in total. The second-order valence-corrected chi connectivity index (χ2v) is 5.32. The van der Waals surface area contributed by atoms with Crippen LogP contribution in [0, 0.1) is 6.92 Å². The quantitative estimate of drug-likeness (QED) is 0.850. The van der Waals surface area contributed by atoms with Gasteiger partial charge < -0.3 is 15.2 Å². The number of benzene rings is 2. The van der Waals surface area contributed by atoms with Gasteiger partial charge in [0.15, 0.2) is 0 Å². The number of rotatable bonds is 6. The number of hydrogen-bond acceptors (Lipinski definition) is 3. The molecular weight excluding hydrogens is 262 g/mol. The topological polar surface area (TPSA) is 41.5 Å². The van der Waals surface area contributed by atoms with Crippen molar-refractivity contribution in [3.8, 4) is 5.75 Å². The highest BCUT2D eigenvalue weighted by Gasteiger charge is 2.29. The third-order valence-corrected chi connectivity index (χ3v) is 3.92. The molecule has 112 valence electrons. The van der Waals surface area contributed by atoms with Crippen molar-refractivity contribution in [1.29, 1.82) is 0 Å². The van der Waals surface area contributed by atoms with Gasteiger partial charge in [-0.2, -0.15) is 0 Å². The third-order valence-electron chi connectivity index (χ3n) is 3.92. The molecule has 0 bridgehead atoms. The van der Waals surface area contributed by atoms with Crippen molar-refractivity contribution >= 4 is 5.69 Å². The molecule has 0 fully saturated rings. The van der Waals surface area contributed by atoms with Crippen LogP contribution in [-0.2, 0) is 5.54 Å². The molecule has 0 saturated carbocycles. The van der Waals surface area contributed by atoms with E-state index in [1.165, 1.54) is 5.56 Å². The van der Waals surface area contributed by atoms with Gasteiger partial charge in [-0.05, 0) is 48.7 Å². The van der Waals surface area contributed by atoms with Crippen molar-refractivity contribution in [2.45, 2.75) is 25.8 Å². The van der Waals surface area contributed by atoms with Crippen LogP contribution in [-0.4, -0.2) is 18.8 Å². The molecule has 0 amide bonds. The van der Waals surface area contributed by atoms with Gasteiger partial charge in [0.2, 0.25) is 0 Å². The molecule has 0 aliphatic heterocycles. The largest absolute Gasteiger partial charge is 0.497 e. The molecule has 0 aliphatic carbocycles. The van der Waals surface area contributed by atoms with E-state index < -0.39 is 5.54 Å². The molecule has 0 saturated heterocycles. The number of anilines is 1. The number of hydrogen-bond donors (Lipinski definition) is 2. The van der Waals surface area contributed by atoms with Gasteiger partial charge in [-0.3, -0.25) is 0 Å². The molecule has 0 aromatic heterocycles. The maximum Gasteiger partial charge on any atom is 0.118 e. The fourth-order valence-corrected chi connectivity index (χ4v) is 2.52. The van der Waals surface area contributed by atoms with Crippen molar-refractivity contribution in [3.63, 3.8) is 0 Å². The van der Waals surface area contributed by atoms with Crippen molar-refractivity contribution in [2.24, 2.45) is 0 Å². The Balaban J connectivity index is 2.34. The van der Waals surface area contributed by atoms with Gasteiger partial charge in [-0.15, -0.1) is 0 Å². The lowest BCUT2D eigenvalue weighted by molar-refractivity contribution is 0.207. The minimum absolute atomic E-state index is 0.0315. The smallest absolute Gasteiger partial charge is 0.118 e. The van der Waals surface area contributed by atoms with Crippen LogP contribution in [0.1, 0.15) is 24.5 Å². The van der Waals surface area contributed by atoms with Crippen LogP contribution >= 0.6 is 0 Å². The zero-order chi connectivity index (χ0) is 15.3. The second kappa shape index (κ2) is 6.64. The molecule has 21 heavy (non-hydrogen) atoms. The second-order valence-electron chi connectivity index (χ2n) is 5.32. The number of ether oxygens (including phenoxy) is 1. The summed E-state index contributed by atoms with van der Waals surface area (Å²) in [5.74, 6) is 0.817. The fraction of sp³-hybridized carbons (Fsp3) is 0.333. The summed E-state index contributed by atoms with van der Waals surface area (Å²) in [7, 11) is 1.65. The number of methoxy groups -OCH3 is 1. The molecule has 3 heteroatoms. The average Bonchev–Trinajstić information content (AvgIpc) is 2.53. The molecule has 2 aromatic carbocycles. The molecule has 1 unspecified atom stereocenters. The van der Waals surface area contributed by atoms with Crippen molar-refractivity contribution in [3.05, 3.63) is 59.7 Å². The number of aryl methyl sites for hydroxylation is 1. The highest BCUT2D eigenvalue weighted by atomic mass is 16.5. The molecule has 0 heterocycles. The van der Waals surface area contributed by atoms with Crippen LogP contribution in [0.2, 0.25) is 0 Å². The van der Waals surface area contributed by atoms with E-state index in [0.717, 1.165) is 23.4 Å². The Labute approximate surface area is 126 Å². The first kappa shape index (κ1) is 15.4. The SMILES string of the molecule is CCC(CO)(Nc1cccc(C)c1)c1ccc(OC)cc1. The Kier molecular flexibility index (Phi) is 4.86. The molecule has 2 aromatic rings. The summed E-state index contributed by atoms with van der Waals surface area (Å²) in [5, 5.41) is 13.5. The summed E-state index contributed by atoms with van der Waals surface area (Å²) >= 11 is 0. The van der Waals surface area contributed by atoms with Gasteiger partial charge in [0, 0.05) is 5.69 Å². The summed E-state index contributed by atoms with van der Waals surface area (Å²) in [6.07, 6.45) is 0.782. The zero-order valence-electron chi connectivity index (χ0n) is 12.9. The van der Waals surface area contributed by atoms with E-state index in [4.69, 9.17) is 4.74 Å². The van der Waals surface area contributed by atoms with Crippen LogP contribution in [0.4, 0.5) is 5.69 Å². The normalized spacial score (nSPS) is 13.5. The standard InChI is InChI=1S/C18H23NO2/c1-4-18(13-20,15-8-10-17(21-3)11-9-15)19-16-7-5-6-14(2)12-16/h5-12,19-20H,4,13H2,1-3H3. The summed E-state index contributed by atoms with van der Waals surface area (Å²) < 4.78 is 5.20. The van der Waals surface area contributed by atoms with E-state index in [-0.39, 0.29) is 6.61 Å². The Bertz CT molecular complexity index is 574.